The van der Waals surface area contributed by atoms with Gasteiger partial charge in [0.15, 0.2) is 11.9 Å². The van der Waals surface area contributed by atoms with Crippen LogP contribution in [0.2, 0.25) is 0 Å². The molecule has 1 N–H and O–H groups in total. The first-order valence-corrected chi connectivity index (χ1v) is 7.01. The fourth-order valence-electron chi connectivity index (χ4n) is 1.71. The Bertz CT molecular complexity index is 753. The number of hydrogen-bond acceptors (Lipinski definition) is 6. The standard InChI is InChI=1S/C16H15N3O5/c1-12(24-15-9-3-2-8-14(15)19(21)22)16(20)18-17-10-4-6-13-7-5-11-23-13/h2-12H,1H3,(H,18,20)/b6-4+,17-10-/t12-/m0/s1. The number of carbonyl (C=O) groups excluding carboxylic acids is 1. The van der Waals surface area contributed by atoms with Gasteiger partial charge in [0.1, 0.15) is 5.76 Å². The van der Waals surface area contributed by atoms with Gasteiger partial charge in [0.2, 0.25) is 0 Å². The van der Waals surface area contributed by atoms with Crippen molar-refractivity contribution in [1.29, 1.82) is 0 Å². The van der Waals surface area contributed by atoms with Crippen LogP contribution in [0.25, 0.3) is 6.08 Å². The molecule has 0 spiro atoms. The predicted molar refractivity (Wildman–Crippen MR) is 87.6 cm³/mol. The summed E-state index contributed by atoms with van der Waals surface area (Å²) in [4.78, 5) is 22.2. The molecule has 0 saturated heterocycles. The van der Waals surface area contributed by atoms with E-state index in [-0.39, 0.29) is 11.4 Å². The molecule has 1 heterocycles. The summed E-state index contributed by atoms with van der Waals surface area (Å²) in [6.45, 7) is 1.47. The van der Waals surface area contributed by atoms with Crippen LogP contribution >= 0.6 is 0 Å². The smallest absolute Gasteiger partial charge is 0.310 e. The third-order valence-corrected chi connectivity index (χ3v) is 2.87. The second-order valence-electron chi connectivity index (χ2n) is 4.61. The van der Waals surface area contributed by atoms with Gasteiger partial charge in [0, 0.05) is 12.3 Å². The number of carbonyl (C=O) groups is 1. The zero-order chi connectivity index (χ0) is 17.4. The van der Waals surface area contributed by atoms with Gasteiger partial charge in [-0.3, -0.25) is 14.9 Å². The van der Waals surface area contributed by atoms with E-state index in [4.69, 9.17) is 9.15 Å². The van der Waals surface area contributed by atoms with Crippen molar-refractivity contribution >= 4 is 23.9 Å². The number of allylic oxidation sites excluding steroid dienone is 1. The zero-order valence-corrected chi connectivity index (χ0v) is 12.8. The molecule has 1 aromatic heterocycles. The Kier molecular flexibility index (Phi) is 5.84. The highest BCUT2D eigenvalue weighted by atomic mass is 16.6. The van der Waals surface area contributed by atoms with Crippen molar-refractivity contribution in [1.82, 2.24) is 5.43 Å². The SMILES string of the molecule is C[C@H](Oc1ccccc1[N+](=O)[O-])C(=O)N/N=C\C=C\c1ccco1. The first-order valence-electron chi connectivity index (χ1n) is 7.01. The molecule has 1 aromatic carbocycles. The van der Waals surface area contributed by atoms with Crippen molar-refractivity contribution in [3.63, 3.8) is 0 Å². The first kappa shape index (κ1) is 16.9. The summed E-state index contributed by atoms with van der Waals surface area (Å²) in [6, 6.07) is 9.36. The summed E-state index contributed by atoms with van der Waals surface area (Å²) in [5, 5.41) is 14.6. The number of benzene rings is 1. The van der Waals surface area contributed by atoms with Crippen molar-refractivity contribution in [2.75, 3.05) is 0 Å². The van der Waals surface area contributed by atoms with Crippen LogP contribution in [0.4, 0.5) is 5.69 Å². The van der Waals surface area contributed by atoms with E-state index in [2.05, 4.69) is 10.5 Å². The molecule has 8 nitrogen and oxygen atoms in total. The van der Waals surface area contributed by atoms with E-state index >= 15 is 0 Å². The van der Waals surface area contributed by atoms with Crippen LogP contribution in [-0.2, 0) is 4.79 Å². The Morgan fingerprint density at radius 3 is 2.88 bits per heavy atom. The van der Waals surface area contributed by atoms with Crippen LogP contribution in [0.15, 0.2) is 58.3 Å². The Morgan fingerprint density at radius 1 is 1.38 bits per heavy atom. The average molecular weight is 329 g/mol. The molecule has 124 valence electrons. The molecule has 1 amide bonds. The van der Waals surface area contributed by atoms with Crippen molar-refractivity contribution < 1.29 is 18.9 Å². The molecular weight excluding hydrogens is 314 g/mol. The second-order valence-corrected chi connectivity index (χ2v) is 4.61. The van der Waals surface area contributed by atoms with E-state index in [1.54, 1.807) is 36.6 Å². The number of furan rings is 1. The number of rotatable bonds is 7. The van der Waals surface area contributed by atoms with Gasteiger partial charge >= 0.3 is 5.69 Å². The van der Waals surface area contributed by atoms with Gasteiger partial charge in [0.25, 0.3) is 5.91 Å². The fourth-order valence-corrected chi connectivity index (χ4v) is 1.71. The lowest BCUT2D eigenvalue weighted by Gasteiger charge is -2.12. The van der Waals surface area contributed by atoms with E-state index in [0.717, 1.165) is 0 Å². The minimum absolute atomic E-state index is 0.0202. The number of hydrazone groups is 1. The molecule has 2 aromatic rings. The maximum atomic E-state index is 11.9. The topological polar surface area (TPSA) is 107 Å². The van der Waals surface area contributed by atoms with E-state index in [1.807, 2.05) is 0 Å². The number of nitro groups is 1. The van der Waals surface area contributed by atoms with Crippen molar-refractivity contribution in [3.05, 3.63) is 64.6 Å². The number of nitrogens with zero attached hydrogens (tertiary/aromatic N) is 2. The summed E-state index contributed by atoms with van der Waals surface area (Å²) in [6.07, 6.45) is 5.23. The fraction of sp³-hybridized carbons (Fsp3) is 0.125. The monoisotopic (exact) mass is 329 g/mol. The molecule has 8 heteroatoms. The number of para-hydroxylation sites is 2. The summed E-state index contributed by atoms with van der Waals surface area (Å²) in [7, 11) is 0. The van der Waals surface area contributed by atoms with Crippen molar-refractivity contribution in [2.45, 2.75) is 13.0 Å². The van der Waals surface area contributed by atoms with E-state index < -0.39 is 16.9 Å². The van der Waals surface area contributed by atoms with Gasteiger partial charge in [-0.25, -0.2) is 5.43 Å². The number of amides is 1. The highest BCUT2D eigenvalue weighted by Crippen LogP contribution is 2.26. The van der Waals surface area contributed by atoms with Crippen LogP contribution in [0.5, 0.6) is 5.75 Å². The van der Waals surface area contributed by atoms with Crippen molar-refractivity contribution in [2.24, 2.45) is 5.10 Å². The summed E-state index contributed by atoms with van der Waals surface area (Å²) < 4.78 is 10.4. The molecule has 1 atom stereocenters. The quantitative estimate of drug-likeness (QED) is 0.477. The highest BCUT2D eigenvalue weighted by Gasteiger charge is 2.20. The van der Waals surface area contributed by atoms with E-state index in [1.165, 1.54) is 31.3 Å². The molecule has 0 bridgehead atoms. The molecule has 0 unspecified atom stereocenters. The van der Waals surface area contributed by atoms with Gasteiger partial charge in [-0.15, -0.1) is 0 Å². The number of ether oxygens (including phenoxy) is 1. The van der Waals surface area contributed by atoms with Crippen LogP contribution in [0.1, 0.15) is 12.7 Å². The predicted octanol–water partition coefficient (Wildman–Crippen LogP) is 2.77. The van der Waals surface area contributed by atoms with Crippen LogP contribution in [-0.4, -0.2) is 23.1 Å². The summed E-state index contributed by atoms with van der Waals surface area (Å²) in [5.41, 5.74) is 2.08. The molecule has 0 aliphatic carbocycles. The Balaban J connectivity index is 1.87. The molecule has 2 rings (SSSR count). The minimum Gasteiger partial charge on any atom is -0.474 e. The molecule has 0 fully saturated rings. The lowest BCUT2D eigenvalue weighted by atomic mass is 10.3. The maximum Gasteiger partial charge on any atom is 0.310 e. The summed E-state index contributed by atoms with van der Waals surface area (Å²) >= 11 is 0. The lowest BCUT2D eigenvalue weighted by Crippen LogP contribution is -2.33. The van der Waals surface area contributed by atoms with Gasteiger partial charge in [-0.2, -0.15) is 5.10 Å². The third kappa shape index (κ3) is 4.80. The lowest BCUT2D eigenvalue weighted by molar-refractivity contribution is -0.386. The Labute approximate surface area is 137 Å². The second kappa shape index (κ2) is 8.28. The largest absolute Gasteiger partial charge is 0.474 e. The van der Waals surface area contributed by atoms with Gasteiger partial charge in [-0.1, -0.05) is 12.1 Å². The maximum absolute atomic E-state index is 11.9. The van der Waals surface area contributed by atoms with E-state index in [9.17, 15) is 14.9 Å². The molecule has 24 heavy (non-hydrogen) atoms. The summed E-state index contributed by atoms with van der Waals surface area (Å²) in [5.74, 6) is 0.142. The van der Waals surface area contributed by atoms with Crippen molar-refractivity contribution in [3.8, 4) is 5.75 Å². The van der Waals surface area contributed by atoms with Crippen LogP contribution in [0, 0.1) is 10.1 Å². The van der Waals surface area contributed by atoms with Gasteiger partial charge < -0.3 is 9.15 Å². The molecule has 0 saturated carbocycles. The molecule has 0 radical (unpaired) electrons. The van der Waals surface area contributed by atoms with Gasteiger partial charge in [-0.05, 0) is 37.3 Å². The van der Waals surface area contributed by atoms with E-state index in [0.29, 0.717) is 5.76 Å². The minimum atomic E-state index is -0.947. The zero-order valence-electron chi connectivity index (χ0n) is 12.8. The van der Waals surface area contributed by atoms with Crippen LogP contribution in [0.3, 0.4) is 0 Å². The highest BCUT2D eigenvalue weighted by molar-refractivity contribution is 5.83. The Morgan fingerprint density at radius 2 is 2.17 bits per heavy atom. The molecular formula is C16H15N3O5. The number of hydrogen-bond donors (Lipinski definition) is 1. The third-order valence-electron chi connectivity index (χ3n) is 2.87. The number of nitrogens with one attached hydrogen (secondary N) is 1. The Hall–Kier alpha value is -3.42. The van der Waals surface area contributed by atoms with Gasteiger partial charge in [0.05, 0.1) is 11.2 Å². The van der Waals surface area contributed by atoms with Crippen LogP contribution < -0.4 is 10.2 Å². The molecule has 0 aliphatic heterocycles. The first-order chi connectivity index (χ1) is 11.6. The number of nitro benzene ring substituents is 1. The molecule has 0 aliphatic rings. The average Bonchev–Trinajstić information content (AvgIpc) is 3.08. The normalized spacial score (nSPS) is 12.4.